The normalized spacial score (nSPS) is 26.9. The average Bonchev–Trinajstić information content (AvgIpc) is 2.47. The van der Waals surface area contributed by atoms with Crippen molar-refractivity contribution in [3.8, 4) is 5.75 Å². The molecule has 0 radical (unpaired) electrons. The van der Waals surface area contributed by atoms with Crippen LogP contribution in [-0.2, 0) is 0 Å². The maximum atomic E-state index is 8.89. The van der Waals surface area contributed by atoms with Crippen LogP contribution < -0.4 is 10.5 Å². The SMILES string of the molecule is CC1CCC(C(C)C)C(Oc2cnccc2/C(N)=N/O)C1. The summed E-state index contributed by atoms with van der Waals surface area (Å²) in [4.78, 5) is 4.10. The van der Waals surface area contributed by atoms with Crippen molar-refractivity contribution in [1.82, 2.24) is 4.98 Å². The second-order valence-electron chi connectivity index (χ2n) is 6.34. The minimum atomic E-state index is 0.0531. The molecule has 0 bridgehead atoms. The molecule has 1 fully saturated rings. The van der Waals surface area contributed by atoms with Crippen LogP contribution in [0.3, 0.4) is 0 Å². The Morgan fingerprint density at radius 3 is 2.90 bits per heavy atom. The van der Waals surface area contributed by atoms with E-state index in [0.29, 0.717) is 29.1 Å². The van der Waals surface area contributed by atoms with Gasteiger partial charge in [-0.25, -0.2) is 0 Å². The molecular formula is C16H25N3O2. The highest BCUT2D eigenvalue weighted by atomic mass is 16.5. The Kier molecular flexibility index (Phi) is 5.04. The summed E-state index contributed by atoms with van der Waals surface area (Å²) in [6.45, 7) is 6.75. The third kappa shape index (κ3) is 3.65. The maximum absolute atomic E-state index is 8.89. The maximum Gasteiger partial charge on any atom is 0.173 e. The fourth-order valence-electron chi connectivity index (χ4n) is 3.15. The number of nitrogens with two attached hydrogens (primary N) is 1. The summed E-state index contributed by atoms with van der Waals surface area (Å²) in [7, 11) is 0. The Labute approximate surface area is 126 Å². The van der Waals surface area contributed by atoms with Crippen LogP contribution in [0, 0.1) is 17.8 Å². The van der Waals surface area contributed by atoms with E-state index in [0.717, 1.165) is 6.42 Å². The Morgan fingerprint density at radius 2 is 2.24 bits per heavy atom. The molecule has 0 amide bonds. The molecule has 5 heteroatoms. The number of oxime groups is 1. The Balaban J connectivity index is 2.23. The van der Waals surface area contributed by atoms with E-state index in [4.69, 9.17) is 15.7 Å². The van der Waals surface area contributed by atoms with Gasteiger partial charge in [0.05, 0.1) is 11.8 Å². The van der Waals surface area contributed by atoms with Crippen LogP contribution in [0.4, 0.5) is 0 Å². The number of pyridine rings is 1. The van der Waals surface area contributed by atoms with Crippen LogP contribution in [0.2, 0.25) is 0 Å². The quantitative estimate of drug-likeness (QED) is 0.387. The van der Waals surface area contributed by atoms with E-state index in [1.54, 1.807) is 18.5 Å². The van der Waals surface area contributed by atoms with Gasteiger partial charge in [-0.15, -0.1) is 0 Å². The molecular weight excluding hydrogens is 266 g/mol. The van der Waals surface area contributed by atoms with E-state index >= 15 is 0 Å². The molecule has 1 heterocycles. The highest BCUT2D eigenvalue weighted by molar-refractivity contribution is 5.99. The largest absolute Gasteiger partial charge is 0.488 e. The molecule has 3 N–H and O–H groups in total. The predicted octanol–water partition coefficient (Wildman–Crippen LogP) is 3.02. The molecule has 0 aromatic carbocycles. The predicted molar refractivity (Wildman–Crippen MR) is 82.5 cm³/mol. The van der Waals surface area contributed by atoms with Gasteiger partial charge in [-0.3, -0.25) is 4.98 Å². The van der Waals surface area contributed by atoms with Crippen molar-refractivity contribution in [3.63, 3.8) is 0 Å². The molecule has 0 saturated heterocycles. The zero-order valence-electron chi connectivity index (χ0n) is 13.0. The van der Waals surface area contributed by atoms with Crippen LogP contribution >= 0.6 is 0 Å². The summed E-state index contributed by atoms with van der Waals surface area (Å²) in [5, 5.41) is 12.0. The smallest absolute Gasteiger partial charge is 0.173 e. The monoisotopic (exact) mass is 291 g/mol. The van der Waals surface area contributed by atoms with E-state index in [1.807, 2.05) is 0 Å². The lowest BCUT2D eigenvalue weighted by atomic mass is 9.75. The second-order valence-corrected chi connectivity index (χ2v) is 6.34. The molecule has 1 saturated carbocycles. The molecule has 0 spiro atoms. The van der Waals surface area contributed by atoms with Gasteiger partial charge in [-0.2, -0.15) is 0 Å². The van der Waals surface area contributed by atoms with E-state index in [-0.39, 0.29) is 11.9 Å². The van der Waals surface area contributed by atoms with Crippen molar-refractivity contribution >= 4 is 5.84 Å². The topological polar surface area (TPSA) is 80.7 Å². The number of rotatable bonds is 4. The first-order chi connectivity index (χ1) is 10.0. The molecule has 21 heavy (non-hydrogen) atoms. The van der Waals surface area contributed by atoms with Crippen molar-refractivity contribution in [2.24, 2.45) is 28.6 Å². The van der Waals surface area contributed by atoms with Crippen LogP contribution in [0.1, 0.15) is 45.6 Å². The van der Waals surface area contributed by atoms with Gasteiger partial charge in [0.2, 0.25) is 0 Å². The molecule has 1 aliphatic rings. The average molecular weight is 291 g/mol. The van der Waals surface area contributed by atoms with Crippen LogP contribution in [-0.4, -0.2) is 22.1 Å². The van der Waals surface area contributed by atoms with E-state index in [1.165, 1.54) is 12.8 Å². The third-order valence-corrected chi connectivity index (χ3v) is 4.41. The zero-order valence-corrected chi connectivity index (χ0v) is 13.0. The Morgan fingerprint density at radius 1 is 1.48 bits per heavy atom. The molecule has 3 unspecified atom stereocenters. The van der Waals surface area contributed by atoms with Gasteiger partial charge in [0.1, 0.15) is 11.9 Å². The summed E-state index contributed by atoms with van der Waals surface area (Å²) in [6, 6.07) is 1.71. The molecule has 5 nitrogen and oxygen atoms in total. The summed E-state index contributed by atoms with van der Waals surface area (Å²) >= 11 is 0. The van der Waals surface area contributed by atoms with Crippen molar-refractivity contribution in [2.75, 3.05) is 0 Å². The first-order valence-electron chi connectivity index (χ1n) is 7.61. The molecule has 116 valence electrons. The van der Waals surface area contributed by atoms with Gasteiger partial charge in [0.25, 0.3) is 0 Å². The van der Waals surface area contributed by atoms with Gasteiger partial charge in [-0.05, 0) is 36.7 Å². The van der Waals surface area contributed by atoms with Gasteiger partial charge >= 0.3 is 0 Å². The first kappa shape index (κ1) is 15.6. The number of hydrogen-bond donors (Lipinski definition) is 2. The van der Waals surface area contributed by atoms with Gasteiger partial charge in [0.15, 0.2) is 5.84 Å². The highest BCUT2D eigenvalue weighted by Crippen LogP contribution is 2.36. The molecule has 1 aromatic heterocycles. The van der Waals surface area contributed by atoms with Crippen molar-refractivity contribution in [2.45, 2.75) is 46.1 Å². The highest BCUT2D eigenvalue weighted by Gasteiger charge is 2.32. The van der Waals surface area contributed by atoms with Crippen LogP contribution in [0.5, 0.6) is 5.75 Å². The first-order valence-corrected chi connectivity index (χ1v) is 7.61. The number of nitrogens with zero attached hydrogens (tertiary/aromatic N) is 2. The Hall–Kier alpha value is -1.78. The zero-order chi connectivity index (χ0) is 15.4. The lowest BCUT2D eigenvalue weighted by Crippen LogP contribution is -2.36. The van der Waals surface area contributed by atoms with Gasteiger partial charge in [0, 0.05) is 6.20 Å². The number of hydrogen-bond acceptors (Lipinski definition) is 4. The molecule has 3 atom stereocenters. The molecule has 2 rings (SSSR count). The lowest BCUT2D eigenvalue weighted by Gasteiger charge is -2.37. The molecule has 1 aliphatic carbocycles. The summed E-state index contributed by atoms with van der Waals surface area (Å²) in [6.07, 6.45) is 6.88. The van der Waals surface area contributed by atoms with Gasteiger partial charge in [-0.1, -0.05) is 32.3 Å². The fraction of sp³-hybridized carbons (Fsp3) is 0.625. The number of amidine groups is 1. The summed E-state index contributed by atoms with van der Waals surface area (Å²) in [5.41, 5.74) is 6.31. The van der Waals surface area contributed by atoms with Crippen molar-refractivity contribution in [1.29, 1.82) is 0 Å². The van der Waals surface area contributed by atoms with E-state index in [2.05, 4.69) is 30.9 Å². The Bertz CT molecular complexity index is 502. The minimum absolute atomic E-state index is 0.0531. The van der Waals surface area contributed by atoms with E-state index in [9.17, 15) is 0 Å². The van der Waals surface area contributed by atoms with Crippen LogP contribution in [0.15, 0.2) is 23.6 Å². The summed E-state index contributed by atoms with van der Waals surface area (Å²) in [5.74, 6) is 2.41. The molecule has 1 aromatic rings. The van der Waals surface area contributed by atoms with E-state index < -0.39 is 0 Å². The standard InChI is InChI=1S/C16H25N3O2/c1-10(2)12-5-4-11(3)8-14(12)21-15-9-18-7-6-13(15)16(17)19-20/h6-7,9-12,14,20H,4-5,8H2,1-3H3,(H2,17,19). The third-order valence-electron chi connectivity index (χ3n) is 4.41. The van der Waals surface area contributed by atoms with Gasteiger partial charge < -0.3 is 15.7 Å². The molecule has 0 aliphatic heterocycles. The lowest BCUT2D eigenvalue weighted by molar-refractivity contribution is 0.0456. The fourth-order valence-corrected chi connectivity index (χ4v) is 3.15. The van der Waals surface area contributed by atoms with Crippen LogP contribution in [0.25, 0.3) is 0 Å². The van der Waals surface area contributed by atoms with Crippen molar-refractivity contribution < 1.29 is 9.94 Å². The number of ether oxygens (including phenoxy) is 1. The number of aromatic nitrogens is 1. The minimum Gasteiger partial charge on any atom is -0.488 e. The van der Waals surface area contributed by atoms with Crippen molar-refractivity contribution in [3.05, 3.63) is 24.0 Å². The second kappa shape index (κ2) is 6.78. The summed E-state index contributed by atoms with van der Waals surface area (Å²) < 4.78 is 6.22.